The average Bonchev–Trinajstić information content (AvgIpc) is 2.38. The van der Waals surface area contributed by atoms with Gasteiger partial charge in [0.2, 0.25) is 5.91 Å². The molecule has 0 radical (unpaired) electrons. The number of nitrogens with one attached hydrogen (secondary N) is 1. The first-order chi connectivity index (χ1) is 8.56. The van der Waals surface area contributed by atoms with E-state index in [1.54, 1.807) is 19.2 Å². The highest BCUT2D eigenvalue weighted by molar-refractivity contribution is 5.85. The summed E-state index contributed by atoms with van der Waals surface area (Å²) in [7, 11) is 1.58. The minimum Gasteiger partial charge on any atom is -0.477 e. The van der Waals surface area contributed by atoms with Crippen molar-refractivity contribution in [1.82, 2.24) is 15.2 Å². The molecule has 1 aromatic heterocycles. The molecule has 6 nitrogen and oxygen atoms in total. The van der Waals surface area contributed by atoms with Gasteiger partial charge in [-0.25, -0.2) is 9.78 Å². The Morgan fingerprint density at radius 3 is 2.72 bits per heavy atom. The Morgan fingerprint density at radius 1 is 1.44 bits per heavy atom. The van der Waals surface area contributed by atoms with Gasteiger partial charge in [0.1, 0.15) is 5.69 Å². The van der Waals surface area contributed by atoms with Crippen LogP contribution in [0.25, 0.3) is 0 Å². The van der Waals surface area contributed by atoms with Crippen LogP contribution in [0.5, 0.6) is 0 Å². The third kappa shape index (κ3) is 4.14. The Labute approximate surface area is 106 Å². The van der Waals surface area contributed by atoms with Crippen molar-refractivity contribution in [3.8, 4) is 0 Å². The molecule has 0 bridgehead atoms. The minimum atomic E-state index is -1.05. The predicted octanol–water partition coefficient (Wildman–Crippen LogP) is 0.348. The second-order valence-corrected chi connectivity index (χ2v) is 3.80. The van der Waals surface area contributed by atoms with Gasteiger partial charge >= 0.3 is 5.97 Å². The van der Waals surface area contributed by atoms with Gasteiger partial charge in [-0.15, -0.1) is 0 Å². The molecule has 0 unspecified atom stereocenters. The van der Waals surface area contributed by atoms with E-state index >= 15 is 0 Å². The third-order valence-corrected chi connectivity index (χ3v) is 2.50. The second-order valence-electron chi connectivity index (χ2n) is 3.80. The van der Waals surface area contributed by atoms with E-state index in [1.807, 2.05) is 11.8 Å². The van der Waals surface area contributed by atoms with Crippen molar-refractivity contribution < 1.29 is 14.7 Å². The molecular weight excluding hydrogens is 234 g/mol. The van der Waals surface area contributed by atoms with E-state index < -0.39 is 5.97 Å². The van der Waals surface area contributed by atoms with Crippen molar-refractivity contribution in [3.63, 3.8) is 0 Å². The number of carboxylic acid groups (broad SMARTS) is 1. The topological polar surface area (TPSA) is 82.5 Å². The first-order valence-electron chi connectivity index (χ1n) is 5.69. The number of nitrogens with zero attached hydrogens (tertiary/aromatic N) is 2. The number of aromatic carboxylic acids is 1. The number of hydrogen-bond acceptors (Lipinski definition) is 4. The molecule has 0 spiro atoms. The highest BCUT2D eigenvalue weighted by Gasteiger charge is 2.11. The maximum atomic E-state index is 11.3. The molecule has 1 heterocycles. The maximum Gasteiger partial charge on any atom is 0.354 e. The third-order valence-electron chi connectivity index (χ3n) is 2.50. The quantitative estimate of drug-likeness (QED) is 0.762. The SMILES string of the molecule is CCN(CC(=O)NC)Cc1cccc(C(=O)O)n1. The maximum absolute atomic E-state index is 11.3. The normalized spacial score (nSPS) is 10.4. The first kappa shape index (κ1) is 14.1. The number of hydrogen-bond donors (Lipinski definition) is 2. The number of pyridine rings is 1. The molecule has 2 N–H and O–H groups in total. The van der Waals surface area contributed by atoms with E-state index in [-0.39, 0.29) is 18.1 Å². The fraction of sp³-hybridized carbons (Fsp3) is 0.417. The molecule has 0 atom stereocenters. The monoisotopic (exact) mass is 251 g/mol. The van der Waals surface area contributed by atoms with Gasteiger partial charge in [-0.3, -0.25) is 9.69 Å². The van der Waals surface area contributed by atoms with Gasteiger partial charge in [-0.2, -0.15) is 0 Å². The number of amides is 1. The van der Waals surface area contributed by atoms with Crippen LogP contribution in [-0.2, 0) is 11.3 Å². The molecule has 0 aromatic carbocycles. The first-order valence-corrected chi connectivity index (χ1v) is 5.69. The molecule has 1 aromatic rings. The molecule has 6 heteroatoms. The number of carbonyl (C=O) groups is 2. The van der Waals surface area contributed by atoms with Crippen molar-refractivity contribution >= 4 is 11.9 Å². The molecule has 1 rings (SSSR count). The number of likely N-dealkylation sites (N-methyl/N-ethyl adjacent to an activating group) is 2. The lowest BCUT2D eigenvalue weighted by molar-refractivity contribution is -0.121. The van der Waals surface area contributed by atoms with Crippen LogP contribution in [-0.4, -0.2) is 47.0 Å². The second kappa shape index (κ2) is 6.70. The molecule has 0 aliphatic rings. The highest BCUT2D eigenvalue weighted by atomic mass is 16.4. The zero-order valence-electron chi connectivity index (χ0n) is 10.5. The van der Waals surface area contributed by atoms with Crippen LogP contribution in [0.15, 0.2) is 18.2 Å². The van der Waals surface area contributed by atoms with E-state index in [2.05, 4.69) is 10.3 Å². The zero-order valence-corrected chi connectivity index (χ0v) is 10.5. The number of carboxylic acids is 1. The van der Waals surface area contributed by atoms with Gasteiger partial charge in [-0.1, -0.05) is 13.0 Å². The molecule has 1 amide bonds. The largest absolute Gasteiger partial charge is 0.477 e. The van der Waals surface area contributed by atoms with Crippen molar-refractivity contribution in [1.29, 1.82) is 0 Å². The molecule has 18 heavy (non-hydrogen) atoms. The summed E-state index contributed by atoms with van der Waals surface area (Å²) >= 11 is 0. The van der Waals surface area contributed by atoms with Crippen LogP contribution >= 0.6 is 0 Å². The van der Waals surface area contributed by atoms with E-state index in [1.165, 1.54) is 6.07 Å². The van der Waals surface area contributed by atoms with E-state index in [0.29, 0.717) is 18.8 Å². The predicted molar refractivity (Wildman–Crippen MR) is 66.2 cm³/mol. The van der Waals surface area contributed by atoms with Crippen LogP contribution in [0, 0.1) is 0 Å². The summed E-state index contributed by atoms with van der Waals surface area (Å²) in [5, 5.41) is 11.4. The lowest BCUT2D eigenvalue weighted by Crippen LogP contribution is -2.35. The lowest BCUT2D eigenvalue weighted by atomic mass is 10.3. The van der Waals surface area contributed by atoms with Crippen LogP contribution in [0.4, 0.5) is 0 Å². The number of rotatable bonds is 6. The van der Waals surface area contributed by atoms with Crippen molar-refractivity contribution in [2.45, 2.75) is 13.5 Å². The molecule has 0 saturated carbocycles. The molecule has 0 aliphatic carbocycles. The summed E-state index contributed by atoms with van der Waals surface area (Å²) < 4.78 is 0. The van der Waals surface area contributed by atoms with Crippen LogP contribution in [0.2, 0.25) is 0 Å². The number of aromatic nitrogens is 1. The van der Waals surface area contributed by atoms with E-state index in [9.17, 15) is 9.59 Å². The Hall–Kier alpha value is -1.95. The molecule has 0 aliphatic heterocycles. The molecule has 0 saturated heterocycles. The van der Waals surface area contributed by atoms with Gasteiger partial charge in [0.25, 0.3) is 0 Å². The number of carbonyl (C=O) groups excluding carboxylic acids is 1. The standard InChI is InChI=1S/C12H17N3O3/c1-3-15(8-11(16)13-2)7-9-5-4-6-10(14-9)12(17)18/h4-6H,3,7-8H2,1-2H3,(H,13,16)(H,17,18). The summed E-state index contributed by atoms with van der Waals surface area (Å²) in [5.41, 5.74) is 0.657. The Morgan fingerprint density at radius 2 is 2.17 bits per heavy atom. The van der Waals surface area contributed by atoms with Crippen LogP contribution in [0.1, 0.15) is 23.1 Å². The van der Waals surface area contributed by atoms with E-state index in [4.69, 9.17) is 5.11 Å². The van der Waals surface area contributed by atoms with Gasteiger partial charge in [0, 0.05) is 13.6 Å². The molecular formula is C12H17N3O3. The Balaban J connectivity index is 2.72. The highest BCUT2D eigenvalue weighted by Crippen LogP contribution is 2.04. The summed E-state index contributed by atoms with van der Waals surface area (Å²) in [6.45, 7) is 3.34. The van der Waals surface area contributed by atoms with E-state index in [0.717, 1.165) is 0 Å². The fourth-order valence-corrected chi connectivity index (χ4v) is 1.48. The zero-order chi connectivity index (χ0) is 13.5. The van der Waals surface area contributed by atoms with Crippen molar-refractivity contribution in [2.24, 2.45) is 0 Å². The summed E-state index contributed by atoms with van der Waals surface area (Å²) in [5.74, 6) is -1.13. The summed E-state index contributed by atoms with van der Waals surface area (Å²) in [4.78, 5) is 28.0. The average molecular weight is 251 g/mol. The lowest BCUT2D eigenvalue weighted by Gasteiger charge is -2.18. The molecule has 98 valence electrons. The molecule has 0 fully saturated rings. The van der Waals surface area contributed by atoms with Crippen molar-refractivity contribution in [3.05, 3.63) is 29.6 Å². The van der Waals surface area contributed by atoms with Gasteiger partial charge in [0.15, 0.2) is 0 Å². The Bertz CT molecular complexity index is 434. The summed E-state index contributed by atoms with van der Waals surface area (Å²) in [6.07, 6.45) is 0. The van der Waals surface area contributed by atoms with Crippen LogP contribution < -0.4 is 5.32 Å². The smallest absolute Gasteiger partial charge is 0.354 e. The summed E-state index contributed by atoms with van der Waals surface area (Å²) in [6, 6.07) is 4.85. The van der Waals surface area contributed by atoms with Gasteiger partial charge < -0.3 is 10.4 Å². The van der Waals surface area contributed by atoms with Gasteiger partial charge in [0.05, 0.1) is 12.2 Å². The van der Waals surface area contributed by atoms with Gasteiger partial charge in [-0.05, 0) is 18.7 Å². The fourth-order valence-electron chi connectivity index (χ4n) is 1.48. The van der Waals surface area contributed by atoms with Crippen molar-refractivity contribution in [2.75, 3.05) is 20.1 Å². The van der Waals surface area contributed by atoms with Crippen LogP contribution in [0.3, 0.4) is 0 Å². The minimum absolute atomic E-state index is 0.0171. The Kier molecular flexibility index (Phi) is 5.26.